The lowest BCUT2D eigenvalue weighted by Crippen LogP contribution is -2.49. The highest BCUT2D eigenvalue weighted by atomic mass is 16.6. The van der Waals surface area contributed by atoms with Crippen molar-refractivity contribution in [1.82, 2.24) is 20.1 Å². The number of benzene rings is 1. The molecule has 1 fully saturated rings. The number of hydrogen-bond donors (Lipinski definition) is 0. The highest BCUT2D eigenvalue weighted by Crippen LogP contribution is 2.22. The van der Waals surface area contributed by atoms with Crippen LogP contribution in [0.15, 0.2) is 60.9 Å². The third kappa shape index (κ3) is 3.88. The van der Waals surface area contributed by atoms with Crippen LogP contribution in [0.4, 0.5) is 11.5 Å². The number of carbonyl (C=O) groups excluding carboxylic acids is 1. The lowest BCUT2D eigenvalue weighted by atomic mass is 10.1. The molecule has 1 aliphatic rings. The highest BCUT2D eigenvalue weighted by molar-refractivity contribution is 5.98. The molecule has 1 aromatic carbocycles. The van der Waals surface area contributed by atoms with Gasteiger partial charge in [-0.15, -0.1) is 10.2 Å². The van der Waals surface area contributed by atoms with Crippen LogP contribution in [0.3, 0.4) is 0 Å². The van der Waals surface area contributed by atoms with Crippen LogP contribution in [-0.4, -0.2) is 57.1 Å². The van der Waals surface area contributed by atoms with E-state index in [-0.39, 0.29) is 17.2 Å². The van der Waals surface area contributed by atoms with Gasteiger partial charge in [0.25, 0.3) is 11.6 Å². The summed E-state index contributed by atoms with van der Waals surface area (Å²) in [5.74, 6) is 0.414. The first-order valence-corrected chi connectivity index (χ1v) is 9.15. The number of piperazine rings is 1. The number of nitro benzene ring substituents is 1. The van der Waals surface area contributed by atoms with Crippen molar-refractivity contribution < 1.29 is 9.72 Å². The summed E-state index contributed by atoms with van der Waals surface area (Å²) >= 11 is 0. The Morgan fingerprint density at radius 2 is 1.66 bits per heavy atom. The topological polar surface area (TPSA) is 105 Å². The zero-order valence-corrected chi connectivity index (χ0v) is 15.5. The molecule has 29 heavy (non-hydrogen) atoms. The first-order chi connectivity index (χ1) is 14.1. The number of para-hydroxylation sites is 1. The molecule has 0 aliphatic carbocycles. The second kappa shape index (κ2) is 8.01. The summed E-state index contributed by atoms with van der Waals surface area (Å²) in [6.07, 6.45) is 3.41. The Morgan fingerprint density at radius 1 is 0.931 bits per heavy atom. The summed E-state index contributed by atoms with van der Waals surface area (Å²) in [5, 5.41) is 19.8. The van der Waals surface area contributed by atoms with Crippen molar-refractivity contribution in [1.29, 1.82) is 0 Å². The number of aromatic nitrogens is 3. The molecule has 1 saturated heterocycles. The summed E-state index contributed by atoms with van der Waals surface area (Å²) in [6.45, 7) is 2.07. The minimum atomic E-state index is -0.524. The maximum atomic E-state index is 12.7. The molecule has 2 aromatic heterocycles. The van der Waals surface area contributed by atoms with Gasteiger partial charge < -0.3 is 9.80 Å². The fraction of sp³-hybridized carbons (Fsp3) is 0.200. The van der Waals surface area contributed by atoms with Crippen LogP contribution in [-0.2, 0) is 0 Å². The molecule has 0 spiro atoms. The van der Waals surface area contributed by atoms with Crippen LogP contribution in [0, 0.1) is 10.1 Å². The van der Waals surface area contributed by atoms with Gasteiger partial charge in [-0.05, 0) is 30.3 Å². The molecule has 1 aliphatic heterocycles. The fourth-order valence-corrected chi connectivity index (χ4v) is 3.29. The fourth-order valence-electron chi connectivity index (χ4n) is 3.29. The molecular formula is C20H18N6O3. The summed E-state index contributed by atoms with van der Waals surface area (Å²) in [4.78, 5) is 31.1. The number of carbonyl (C=O) groups is 1. The summed E-state index contributed by atoms with van der Waals surface area (Å²) in [7, 11) is 0. The van der Waals surface area contributed by atoms with Gasteiger partial charge in [0.05, 0.1) is 10.6 Å². The lowest BCUT2D eigenvalue weighted by molar-refractivity contribution is -0.385. The van der Waals surface area contributed by atoms with Crippen molar-refractivity contribution in [2.45, 2.75) is 0 Å². The van der Waals surface area contributed by atoms with Crippen LogP contribution in [0.25, 0.3) is 11.3 Å². The number of rotatable bonds is 4. The van der Waals surface area contributed by atoms with Gasteiger partial charge in [-0.2, -0.15) is 0 Å². The van der Waals surface area contributed by atoms with Crippen LogP contribution in [0.1, 0.15) is 10.4 Å². The van der Waals surface area contributed by atoms with Gasteiger partial charge >= 0.3 is 0 Å². The smallest absolute Gasteiger partial charge is 0.282 e. The van der Waals surface area contributed by atoms with E-state index in [2.05, 4.69) is 15.2 Å². The Morgan fingerprint density at radius 3 is 2.31 bits per heavy atom. The quantitative estimate of drug-likeness (QED) is 0.497. The number of nitrogens with zero attached hydrogens (tertiary/aromatic N) is 6. The Kier molecular flexibility index (Phi) is 5.10. The van der Waals surface area contributed by atoms with E-state index in [1.807, 2.05) is 29.2 Å². The third-order valence-corrected chi connectivity index (χ3v) is 4.85. The number of nitro groups is 1. The van der Waals surface area contributed by atoms with Crippen molar-refractivity contribution in [3.63, 3.8) is 0 Å². The van der Waals surface area contributed by atoms with Gasteiger partial charge in [-0.25, -0.2) is 0 Å². The molecule has 0 N–H and O–H groups in total. The van der Waals surface area contributed by atoms with Crippen LogP contribution in [0.2, 0.25) is 0 Å². The minimum Gasteiger partial charge on any atom is -0.352 e. The molecule has 3 heterocycles. The van der Waals surface area contributed by atoms with Crippen molar-refractivity contribution >= 4 is 17.4 Å². The predicted molar refractivity (Wildman–Crippen MR) is 106 cm³/mol. The molecule has 146 valence electrons. The largest absolute Gasteiger partial charge is 0.352 e. The molecule has 0 atom stereocenters. The van der Waals surface area contributed by atoms with E-state index in [1.165, 1.54) is 12.1 Å². The number of pyridine rings is 1. The Bertz CT molecular complexity index is 1020. The maximum Gasteiger partial charge on any atom is 0.282 e. The van der Waals surface area contributed by atoms with Gasteiger partial charge in [0.2, 0.25) is 0 Å². The molecule has 9 nitrogen and oxygen atoms in total. The number of hydrogen-bond acceptors (Lipinski definition) is 7. The molecule has 3 aromatic rings. The normalized spacial score (nSPS) is 13.9. The summed E-state index contributed by atoms with van der Waals surface area (Å²) < 4.78 is 0. The highest BCUT2D eigenvalue weighted by Gasteiger charge is 2.27. The number of anilines is 1. The molecule has 0 saturated carbocycles. The molecule has 0 bridgehead atoms. The monoisotopic (exact) mass is 390 g/mol. The van der Waals surface area contributed by atoms with Crippen LogP contribution in [0.5, 0.6) is 0 Å². The molecule has 4 rings (SSSR count). The van der Waals surface area contributed by atoms with Gasteiger partial charge in [-0.1, -0.05) is 12.1 Å². The van der Waals surface area contributed by atoms with Gasteiger partial charge in [0.1, 0.15) is 5.56 Å². The van der Waals surface area contributed by atoms with Gasteiger partial charge in [0.15, 0.2) is 5.82 Å². The van der Waals surface area contributed by atoms with E-state index in [9.17, 15) is 14.9 Å². The van der Waals surface area contributed by atoms with E-state index < -0.39 is 4.92 Å². The van der Waals surface area contributed by atoms with Crippen molar-refractivity contribution in [2.75, 3.05) is 31.1 Å². The molecule has 1 amide bonds. The molecular weight excluding hydrogens is 372 g/mol. The second-order valence-electron chi connectivity index (χ2n) is 6.57. The first-order valence-electron chi connectivity index (χ1n) is 9.15. The average Bonchev–Trinajstić information content (AvgIpc) is 2.79. The summed E-state index contributed by atoms with van der Waals surface area (Å²) in [6, 6.07) is 13.6. The van der Waals surface area contributed by atoms with Crippen molar-refractivity contribution in [3.05, 3.63) is 76.6 Å². The van der Waals surface area contributed by atoms with Gasteiger partial charge in [-0.3, -0.25) is 19.9 Å². The second-order valence-corrected chi connectivity index (χ2v) is 6.57. The zero-order valence-electron chi connectivity index (χ0n) is 15.5. The van der Waals surface area contributed by atoms with Crippen molar-refractivity contribution in [2.24, 2.45) is 0 Å². The van der Waals surface area contributed by atoms with Crippen LogP contribution < -0.4 is 4.90 Å². The average molecular weight is 390 g/mol. The van der Waals surface area contributed by atoms with Crippen LogP contribution >= 0.6 is 0 Å². The third-order valence-electron chi connectivity index (χ3n) is 4.85. The SMILES string of the molecule is O=C(c1ccccc1[N+](=O)[O-])N1CCN(c2ccc(-c3ccncc3)nn2)CC1. The van der Waals surface area contributed by atoms with E-state index in [1.54, 1.807) is 29.4 Å². The van der Waals surface area contributed by atoms with E-state index in [0.717, 1.165) is 17.1 Å². The standard InChI is InChI=1S/C20H18N6O3/c27-20(16-3-1-2-4-18(16)26(28)29)25-13-11-24(12-14-25)19-6-5-17(22-23-19)15-7-9-21-10-8-15/h1-10H,11-14H2. The van der Waals surface area contributed by atoms with Gasteiger partial charge in [0, 0.05) is 50.2 Å². The molecule has 0 unspecified atom stereocenters. The molecule has 0 radical (unpaired) electrons. The minimum absolute atomic E-state index is 0.118. The summed E-state index contributed by atoms with van der Waals surface area (Å²) in [5.41, 5.74) is 1.66. The zero-order chi connectivity index (χ0) is 20.2. The Hall–Kier alpha value is -3.88. The number of amides is 1. The lowest BCUT2D eigenvalue weighted by Gasteiger charge is -2.35. The Labute approximate surface area is 166 Å². The maximum absolute atomic E-state index is 12.7. The van der Waals surface area contributed by atoms with Crippen molar-refractivity contribution in [3.8, 4) is 11.3 Å². The van der Waals surface area contributed by atoms with E-state index >= 15 is 0 Å². The van der Waals surface area contributed by atoms with E-state index in [0.29, 0.717) is 26.2 Å². The Balaban J connectivity index is 1.42. The van der Waals surface area contributed by atoms with E-state index in [4.69, 9.17) is 0 Å². The predicted octanol–water partition coefficient (Wildman–Crippen LogP) is 2.41. The molecule has 9 heteroatoms. The first kappa shape index (κ1) is 18.5.